The van der Waals surface area contributed by atoms with E-state index in [1.807, 2.05) is 0 Å². The van der Waals surface area contributed by atoms with E-state index in [-0.39, 0.29) is 5.56 Å². The lowest BCUT2D eigenvalue weighted by Gasteiger charge is -2.13. The molecule has 3 N–H and O–H groups in total. The molecule has 0 radical (unpaired) electrons. The van der Waals surface area contributed by atoms with Crippen molar-refractivity contribution in [3.05, 3.63) is 24.0 Å². The van der Waals surface area contributed by atoms with Gasteiger partial charge in [-0.05, 0) is 11.6 Å². The van der Waals surface area contributed by atoms with E-state index in [4.69, 9.17) is 5.73 Å². The zero-order valence-electron chi connectivity index (χ0n) is 5.52. The number of alkyl halides is 3. The highest BCUT2D eigenvalue weighted by Crippen LogP contribution is 2.29. The highest BCUT2D eigenvalue weighted by Gasteiger charge is 2.37. The first-order valence-electron chi connectivity index (χ1n) is 2.97. The Morgan fingerprint density at radius 1 is 1.45 bits per heavy atom. The molecule has 0 aliphatic rings. The van der Waals surface area contributed by atoms with E-state index in [0.29, 0.717) is 0 Å². The number of halogens is 3. The summed E-state index contributed by atoms with van der Waals surface area (Å²) in [7, 11) is 0. The Kier molecular flexibility index (Phi) is 1.90. The van der Waals surface area contributed by atoms with Gasteiger partial charge in [-0.1, -0.05) is 0 Å². The molecule has 0 fully saturated rings. The van der Waals surface area contributed by atoms with Gasteiger partial charge in [0, 0.05) is 12.4 Å². The van der Waals surface area contributed by atoms with Gasteiger partial charge in [0.2, 0.25) is 0 Å². The van der Waals surface area contributed by atoms with Crippen molar-refractivity contribution in [2.45, 2.75) is 12.2 Å². The Morgan fingerprint density at radius 2 is 2.09 bits per heavy atom. The summed E-state index contributed by atoms with van der Waals surface area (Å²) in [6, 6.07) is -0.577. The average molecular weight is 164 g/mol. The van der Waals surface area contributed by atoms with E-state index < -0.39 is 12.2 Å². The number of aromatic nitrogens is 1. The van der Waals surface area contributed by atoms with Gasteiger partial charge in [0.1, 0.15) is 6.04 Å². The van der Waals surface area contributed by atoms with Crippen LogP contribution in [-0.2, 0) is 0 Å². The normalized spacial score (nSPS) is 14.9. The fourth-order valence-corrected chi connectivity index (χ4v) is 0.719. The minimum Gasteiger partial charge on any atom is -0.367 e. The summed E-state index contributed by atoms with van der Waals surface area (Å²) >= 11 is 0. The molecule has 0 aliphatic carbocycles. The standard InChI is InChI=1S/C6H7F3N2/c7-6(8,9)5(10)4-1-2-11-3-4/h1-3,5,11H,10H2/t5-/m1/s1. The Labute approximate surface area is 61.2 Å². The molecule has 1 rings (SSSR count). The molecular weight excluding hydrogens is 157 g/mol. The smallest absolute Gasteiger partial charge is 0.367 e. The van der Waals surface area contributed by atoms with Gasteiger partial charge in [0.15, 0.2) is 0 Å². The molecule has 0 spiro atoms. The largest absolute Gasteiger partial charge is 0.407 e. The third-order valence-corrected chi connectivity index (χ3v) is 1.33. The number of H-pyrrole nitrogens is 1. The molecule has 0 aliphatic heterocycles. The van der Waals surface area contributed by atoms with Gasteiger partial charge >= 0.3 is 6.18 Å². The first-order chi connectivity index (χ1) is 5.02. The van der Waals surface area contributed by atoms with E-state index in [2.05, 4.69) is 4.98 Å². The van der Waals surface area contributed by atoms with Gasteiger partial charge < -0.3 is 10.7 Å². The lowest BCUT2D eigenvalue weighted by atomic mass is 10.1. The number of nitrogens with two attached hydrogens (primary N) is 1. The highest BCUT2D eigenvalue weighted by molar-refractivity contribution is 5.14. The quantitative estimate of drug-likeness (QED) is 0.650. The summed E-state index contributed by atoms with van der Waals surface area (Å²) in [5.74, 6) is 0. The maximum atomic E-state index is 11.9. The zero-order valence-corrected chi connectivity index (χ0v) is 5.52. The van der Waals surface area contributed by atoms with Crippen LogP contribution in [0.3, 0.4) is 0 Å². The van der Waals surface area contributed by atoms with Crippen molar-refractivity contribution in [1.29, 1.82) is 0 Å². The van der Waals surface area contributed by atoms with Crippen LogP contribution in [0.25, 0.3) is 0 Å². The Morgan fingerprint density at radius 3 is 2.45 bits per heavy atom. The SMILES string of the molecule is N[C@H](c1cc[nH]c1)C(F)(F)F. The predicted octanol–water partition coefficient (Wildman–Crippen LogP) is 1.58. The lowest BCUT2D eigenvalue weighted by Crippen LogP contribution is -2.27. The maximum Gasteiger partial charge on any atom is 0.407 e. The van der Waals surface area contributed by atoms with E-state index >= 15 is 0 Å². The van der Waals surface area contributed by atoms with Crippen molar-refractivity contribution in [1.82, 2.24) is 4.98 Å². The fraction of sp³-hybridized carbons (Fsp3) is 0.333. The summed E-state index contributed by atoms with van der Waals surface area (Å²) < 4.78 is 35.6. The Hall–Kier alpha value is -0.970. The first kappa shape index (κ1) is 8.13. The van der Waals surface area contributed by atoms with Crippen molar-refractivity contribution < 1.29 is 13.2 Å². The van der Waals surface area contributed by atoms with Crippen LogP contribution in [0, 0.1) is 0 Å². The molecule has 0 unspecified atom stereocenters. The molecule has 11 heavy (non-hydrogen) atoms. The van der Waals surface area contributed by atoms with E-state index in [1.54, 1.807) is 0 Å². The molecule has 1 aromatic rings. The second-order valence-electron chi connectivity index (χ2n) is 2.16. The van der Waals surface area contributed by atoms with Crippen molar-refractivity contribution in [3.63, 3.8) is 0 Å². The summed E-state index contributed by atoms with van der Waals surface area (Å²) in [6.45, 7) is 0. The van der Waals surface area contributed by atoms with E-state index in [0.717, 1.165) is 0 Å². The number of aromatic amines is 1. The summed E-state index contributed by atoms with van der Waals surface area (Å²) in [4.78, 5) is 2.50. The minimum absolute atomic E-state index is 0.0532. The van der Waals surface area contributed by atoms with Crippen LogP contribution < -0.4 is 5.73 Å². The Balaban J connectivity index is 2.78. The molecule has 1 aromatic heterocycles. The molecule has 0 aromatic carbocycles. The van der Waals surface area contributed by atoms with Gasteiger partial charge in [-0.3, -0.25) is 0 Å². The van der Waals surface area contributed by atoms with E-state index in [1.165, 1.54) is 18.5 Å². The van der Waals surface area contributed by atoms with Gasteiger partial charge in [0.05, 0.1) is 0 Å². The van der Waals surface area contributed by atoms with Crippen LogP contribution in [0.15, 0.2) is 18.5 Å². The molecule has 1 heterocycles. The molecule has 0 saturated heterocycles. The monoisotopic (exact) mass is 164 g/mol. The van der Waals surface area contributed by atoms with Crippen LogP contribution in [0.2, 0.25) is 0 Å². The third kappa shape index (κ3) is 1.74. The first-order valence-corrected chi connectivity index (χ1v) is 2.97. The highest BCUT2D eigenvalue weighted by atomic mass is 19.4. The van der Waals surface area contributed by atoms with Crippen molar-refractivity contribution >= 4 is 0 Å². The second kappa shape index (κ2) is 2.58. The summed E-state index contributed by atoms with van der Waals surface area (Å²) in [6.07, 6.45) is -1.72. The van der Waals surface area contributed by atoms with Crippen LogP contribution in [0.1, 0.15) is 11.6 Å². The van der Waals surface area contributed by atoms with Gasteiger partial charge in [-0.15, -0.1) is 0 Å². The fourth-order valence-electron chi connectivity index (χ4n) is 0.719. The molecular formula is C6H7F3N2. The van der Waals surface area contributed by atoms with Crippen LogP contribution >= 0.6 is 0 Å². The summed E-state index contributed by atoms with van der Waals surface area (Å²) in [5.41, 5.74) is 4.92. The topological polar surface area (TPSA) is 41.8 Å². The molecule has 1 atom stereocenters. The molecule has 2 nitrogen and oxygen atoms in total. The molecule has 0 amide bonds. The number of hydrogen-bond donors (Lipinski definition) is 2. The van der Waals surface area contributed by atoms with Gasteiger partial charge in [0.25, 0.3) is 0 Å². The van der Waals surface area contributed by atoms with Crippen LogP contribution in [0.5, 0.6) is 0 Å². The van der Waals surface area contributed by atoms with Gasteiger partial charge in [-0.2, -0.15) is 13.2 Å². The average Bonchev–Trinajstić information content (AvgIpc) is 2.34. The Bertz CT molecular complexity index is 214. The number of hydrogen-bond acceptors (Lipinski definition) is 1. The minimum atomic E-state index is -4.36. The number of rotatable bonds is 1. The van der Waals surface area contributed by atoms with E-state index in [9.17, 15) is 13.2 Å². The third-order valence-electron chi connectivity index (χ3n) is 1.33. The van der Waals surface area contributed by atoms with Gasteiger partial charge in [-0.25, -0.2) is 0 Å². The zero-order chi connectivity index (χ0) is 8.48. The second-order valence-corrected chi connectivity index (χ2v) is 2.16. The van der Waals surface area contributed by atoms with Crippen LogP contribution in [-0.4, -0.2) is 11.2 Å². The molecule has 62 valence electrons. The predicted molar refractivity (Wildman–Crippen MR) is 33.8 cm³/mol. The number of nitrogens with one attached hydrogen (secondary N) is 1. The molecule has 0 bridgehead atoms. The lowest BCUT2D eigenvalue weighted by molar-refractivity contribution is -0.149. The summed E-state index contributed by atoms with van der Waals surface area (Å²) in [5, 5.41) is 0. The molecule has 0 saturated carbocycles. The van der Waals surface area contributed by atoms with Crippen molar-refractivity contribution in [2.24, 2.45) is 5.73 Å². The van der Waals surface area contributed by atoms with Crippen molar-refractivity contribution in [2.75, 3.05) is 0 Å². The maximum absolute atomic E-state index is 11.9. The molecule has 5 heteroatoms. The van der Waals surface area contributed by atoms with Crippen LogP contribution in [0.4, 0.5) is 13.2 Å². The van der Waals surface area contributed by atoms with Crippen molar-refractivity contribution in [3.8, 4) is 0 Å².